The van der Waals surface area contributed by atoms with Gasteiger partial charge in [0.15, 0.2) is 0 Å². The molecule has 0 saturated carbocycles. The quantitative estimate of drug-likeness (QED) is 0.689. The fraction of sp³-hybridized carbons (Fsp3) is 1.00. The molecule has 2 aliphatic rings. The van der Waals surface area contributed by atoms with Gasteiger partial charge in [0.2, 0.25) is 0 Å². The van der Waals surface area contributed by atoms with Crippen LogP contribution >= 0.6 is 0 Å². The van der Waals surface area contributed by atoms with Crippen LogP contribution in [0.25, 0.3) is 0 Å². The van der Waals surface area contributed by atoms with E-state index in [1.165, 1.54) is 77.8 Å². The Hall–Kier alpha value is -0.120. The lowest BCUT2D eigenvalue weighted by Crippen LogP contribution is -2.41. The molecule has 2 aliphatic heterocycles. The minimum atomic E-state index is 0.780. The molecule has 2 saturated heterocycles. The molecule has 3 heteroatoms. The molecule has 0 aromatic carbocycles. The zero-order valence-electron chi connectivity index (χ0n) is 10.5. The van der Waals surface area contributed by atoms with E-state index in [2.05, 4.69) is 15.5 Å². The molecule has 0 amide bonds. The van der Waals surface area contributed by atoms with E-state index in [0.717, 1.165) is 6.04 Å². The first-order chi connectivity index (χ1) is 7.95. The van der Waals surface area contributed by atoms with E-state index in [9.17, 15) is 0 Å². The highest BCUT2D eigenvalue weighted by Gasteiger charge is 2.12. The molecule has 94 valence electrons. The molecule has 3 nitrogen and oxygen atoms in total. The molecule has 2 rings (SSSR count). The maximum absolute atomic E-state index is 3.69. The summed E-state index contributed by atoms with van der Waals surface area (Å²) in [5.41, 5.74) is 0. The number of rotatable bonds is 5. The molecular weight excluding hydrogens is 198 g/mol. The third kappa shape index (κ3) is 4.40. The van der Waals surface area contributed by atoms with Gasteiger partial charge in [0.25, 0.3) is 0 Å². The number of nitrogens with zero attached hydrogens (tertiary/aromatic N) is 1. The van der Waals surface area contributed by atoms with Gasteiger partial charge in [0.1, 0.15) is 0 Å². The van der Waals surface area contributed by atoms with Crippen LogP contribution in [0.2, 0.25) is 0 Å². The SMILES string of the molecule is C1CCN(CCCNC2CCNCC2)CC1. The Morgan fingerprint density at radius 2 is 1.81 bits per heavy atom. The van der Waals surface area contributed by atoms with Gasteiger partial charge >= 0.3 is 0 Å². The number of nitrogens with one attached hydrogen (secondary N) is 2. The molecule has 0 bridgehead atoms. The summed E-state index contributed by atoms with van der Waals surface area (Å²) >= 11 is 0. The van der Waals surface area contributed by atoms with E-state index < -0.39 is 0 Å². The molecular formula is C13H27N3. The van der Waals surface area contributed by atoms with Crippen LogP contribution in [-0.2, 0) is 0 Å². The lowest BCUT2D eigenvalue weighted by atomic mass is 10.1. The molecule has 16 heavy (non-hydrogen) atoms. The largest absolute Gasteiger partial charge is 0.317 e. The van der Waals surface area contributed by atoms with Gasteiger partial charge in [-0.3, -0.25) is 0 Å². The molecule has 2 N–H and O–H groups in total. The maximum atomic E-state index is 3.69. The molecule has 0 spiro atoms. The van der Waals surface area contributed by atoms with E-state index in [-0.39, 0.29) is 0 Å². The first-order valence-electron chi connectivity index (χ1n) is 7.11. The van der Waals surface area contributed by atoms with E-state index in [4.69, 9.17) is 0 Å². The van der Waals surface area contributed by atoms with Gasteiger partial charge in [-0.05, 0) is 71.4 Å². The highest BCUT2D eigenvalue weighted by molar-refractivity contribution is 4.74. The third-order valence-corrected chi connectivity index (χ3v) is 3.87. The number of piperidine rings is 2. The second kappa shape index (κ2) is 7.25. The fourth-order valence-corrected chi connectivity index (χ4v) is 2.82. The number of likely N-dealkylation sites (tertiary alicyclic amines) is 1. The van der Waals surface area contributed by atoms with Crippen molar-refractivity contribution in [2.45, 2.75) is 44.6 Å². The minimum Gasteiger partial charge on any atom is -0.317 e. The van der Waals surface area contributed by atoms with Gasteiger partial charge in [0.05, 0.1) is 0 Å². The third-order valence-electron chi connectivity index (χ3n) is 3.87. The molecule has 0 aromatic rings. The Morgan fingerprint density at radius 3 is 2.56 bits per heavy atom. The van der Waals surface area contributed by atoms with Crippen molar-refractivity contribution in [2.24, 2.45) is 0 Å². The Balaban J connectivity index is 1.47. The zero-order valence-corrected chi connectivity index (χ0v) is 10.5. The smallest absolute Gasteiger partial charge is 0.00912 e. The van der Waals surface area contributed by atoms with Crippen molar-refractivity contribution in [1.82, 2.24) is 15.5 Å². The number of hydrogen-bond donors (Lipinski definition) is 2. The lowest BCUT2D eigenvalue weighted by Gasteiger charge is -2.27. The topological polar surface area (TPSA) is 27.3 Å². The molecule has 0 atom stereocenters. The van der Waals surface area contributed by atoms with Crippen LogP contribution in [0.5, 0.6) is 0 Å². The average molecular weight is 225 g/mol. The van der Waals surface area contributed by atoms with Crippen molar-refractivity contribution < 1.29 is 0 Å². The van der Waals surface area contributed by atoms with Crippen LogP contribution in [0.15, 0.2) is 0 Å². The highest BCUT2D eigenvalue weighted by Crippen LogP contribution is 2.08. The van der Waals surface area contributed by atoms with Gasteiger partial charge in [-0.2, -0.15) is 0 Å². The molecule has 0 aromatic heterocycles. The number of hydrogen-bond acceptors (Lipinski definition) is 3. The van der Waals surface area contributed by atoms with Crippen LogP contribution in [0.1, 0.15) is 38.5 Å². The average Bonchev–Trinajstić information content (AvgIpc) is 2.37. The molecule has 0 aliphatic carbocycles. The summed E-state index contributed by atoms with van der Waals surface area (Å²) in [7, 11) is 0. The van der Waals surface area contributed by atoms with Crippen molar-refractivity contribution in [3.8, 4) is 0 Å². The predicted octanol–water partition coefficient (Wildman–Crippen LogP) is 1.20. The molecule has 2 fully saturated rings. The second-order valence-corrected chi connectivity index (χ2v) is 5.23. The van der Waals surface area contributed by atoms with E-state index in [0.29, 0.717) is 0 Å². The van der Waals surface area contributed by atoms with Gasteiger partial charge in [-0.25, -0.2) is 0 Å². The highest BCUT2D eigenvalue weighted by atomic mass is 15.1. The Kier molecular flexibility index (Phi) is 5.59. The van der Waals surface area contributed by atoms with E-state index >= 15 is 0 Å². The second-order valence-electron chi connectivity index (χ2n) is 5.23. The summed E-state index contributed by atoms with van der Waals surface area (Å²) in [6.45, 7) is 7.59. The van der Waals surface area contributed by atoms with Crippen LogP contribution < -0.4 is 10.6 Å². The molecule has 2 heterocycles. The Morgan fingerprint density at radius 1 is 1.06 bits per heavy atom. The van der Waals surface area contributed by atoms with Crippen LogP contribution in [0, 0.1) is 0 Å². The summed E-state index contributed by atoms with van der Waals surface area (Å²) in [6.07, 6.45) is 8.23. The summed E-state index contributed by atoms with van der Waals surface area (Å²) in [4.78, 5) is 2.63. The van der Waals surface area contributed by atoms with Crippen molar-refractivity contribution in [2.75, 3.05) is 39.3 Å². The monoisotopic (exact) mass is 225 g/mol. The molecule has 0 unspecified atom stereocenters. The van der Waals surface area contributed by atoms with Gasteiger partial charge in [0, 0.05) is 6.04 Å². The van der Waals surface area contributed by atoms with E-state index in [1.807, 2.05) is 0 Å². The molecule has 0 radical (unpaired) electrons. The fourth-order valence-electron chi connectivity index (χ4n) is 2.82. The standard InChI is InChI=1S/C13H27N3/c1-2-10-16(11-3-1)12-4-7-15-13-5-8-14-9-6-13/h13-15H,1-12H2. The predicted molar refractivity (Wildman–Crippen MR) is 68.8 cm³/mol. The summed E-state index contributed by atoms with van der Waals surface area (Å²) in [5.74, 6) is 0. The Labute approximate surface area is 100.0 Å². The van der Waals surface area contributed by atoms with Crippen molar-refractivity contribution in [3.63, 3.8) is 0 Å². The Bertz CT molecular complexity index is 152. The van der Waals surface area contributed by atoms with Crippen LogP contribution in [-0.4, -0.2) is 50.2 Å². The normalized spacial score (nSPS) is 24.8. The van der Waals surface area contributed by atoms with Crippen LogP contribution in [0.3, 0.4) is 0 Å². The summed E-state index contributed by atoms with van der Waals surface area (Å²) in [5, 5.41) is 7.10. The van der Waals surface area contributed by atoms with E-state index in [1.54, 1.807) is 0 Å². The first-order valence-corrected chi connectivity index (χ1v) is 7.11. The summed E-state index contributed by atoms with van der Waals surface area (Å²) < 4.78 is 0. The van der Waals surface area contributed by atoms with Crippen LogP contribution in [0.4, 0.5) is 0 Å². The van der Waals surface area contributed by atoms with Gasteiger partial charge < -0.3 is 15.5 Å². The van der Waals surface area contributed by atoms with Gasteiger partial charge in [-0.15, -0.1) is 0 Å². The zero-order chi connectivity index (χ0) is 11.1. The summed E-state index contributed by atoms with van der Waals surface area (Å²) in [6, 6.07) is 0.780. The van der Waals surface area contributed by atoms with Crippen molar-refractivity contribution in [3.05, 3.63) is 0 Å². The first kappa shape index (κ1) is 12.3. The maximum Gasteiger partial charge on any atom is 0.00912 e. The van der Waals surface area contributed by atoms with Gasteiger partial charge in [-0.1, -0.05) is 6.42 Å². The van der Waals surface area contributed by atoms with Crippen molar-refractivity contribution >= 4 is 0 Å². The van der Waals surface area contributed by atoms with Crippen molar-refractivity contribution in [1.29, 1.82) is 0 Å². The lowest BCUT2D eigenvalue weighted by molar-refractivity contribution is 0.224. The minimum absolute atomic E-state index is 0.780.